The van der Waals surface area contributed by atoms with Crippen molar-refractivity contribution in [3.05, 3.63) is 29.3 Å². The van der Waals surface area contributed by atoms with Gasteiger partial charge in [0.05, 0.1) is 0 Å². The van der Waals surface area contributed by atoms with Gasteiger partial charge in [-0.1, -0.05) is 6.07 Å². The SMILES string of the molecule is Cc1ccc(OCNC(=O)N2CCN(C=O)CC2)cc1C. The highest BCUT2D eigenvalue weighted by molar-refractivity contribution is 5.74. The minimum Gasteiger partial charge on any atom is -0.473 e. The lowest BCUT2D eigenvalue weighted by atomic mass is 10.1. The molecule has 1 fully saturated rings. The number of nitrogens with one attached hydrogen (secondary N) is 1. The van der Waals surface area contributed by atoms with E-state index in [1.54, 1.807) is 9.80 Å². The van der Waals surface area contributed by atoms with E-state index in [4.69, 9.17) is 4.74 Å². The van der Waals surface area contributed by atoms with Gasteiger partial charge in [-0.25, -0.2) is 4.79 Å². The monoisotopic (exact) mass is 291 g/mol. The van der Waals surface area contributed by atoms with Gasteiger partial charge in [-0.2, -0.15) is 0 Å². The van der Waals surface area contributed by atoms with Gasteiger partial charge in [-0.05, 0) is 37.1 Å². The number of carbonyl (C=O) groups is 2. The Morgan fingerprint density at radius 3 is 2.57 bits per heavy atom. The summed E-state index contributed by atoms with van der Waals surface area (Å²) in [7, 11) is 0. The molecule has 1 aliphatic rings. The second kappa shape index (κ2) is 6.97. The summed E-state index contributed by atoms with van der Waals surface area (Å²) in [6.45, 7) is 6.45. The minimum atomic E-state index is -0.163. The number of piperazine rings is 1. The lowest BCUT2D eigenvalue weighted by molar-refractivity contribution is -0.119. The molecule has 114 valence electrons. The zero-order valence-electron chi connectivity index (χ0n) is 12.5. The van der Waals surface area contributed by atoms with Crippen LogP contribution in [0.15, 0.2) is 18.2 Å². The van der Waals surface area contributed by atoms with Gasteiger partial charge in [0.2, 0.25) is 6.41 Å². The van der Waals surface area contributed by atoms with E-state index in [2.05, 4.69) is 5.32 Å². The van der Waals surface area contributed by atoms with Crippen LogP contribution in [0.25, 0.3) is 0 Å². The first-order valence-corrected chi connectivity index (χ1v) is 7.02. The number of aryl methyl sites for hydroxylation is 2. The standard InChI is InChI=1S/C15H21N3O3/c1-12-3-4-14(9-13(12)2)21-10-16-15(20)18-7-5-17(11-19)6-8-18/h3-4,9,11H,5-8,10H2,1-2H3,(H,16,20). The molecule has 3 amide bonds. The van der Waals surface area contributed by atoms with Crippen LogP contribution >= 0.6 is 0 Å². The van der Waals surface area contributed by atoms with Crippen LogP contribution < -0.4 is 10.1 Å². The van der Waals surface area contributed by atoms with Crippen LogP contribution in [0.3, 0.4) is 0 Å². The second-order valence-electron chi connectivity index (χ2n) is 5.15. The summed E-state index contributed by atoms with van der Waals surface area (Å²) >= 11 is 0. The summed E-state index contributed by atoms with van der Waals surface area (Å²) in [4.78, 5) is 25.9. The number of rotatable bonds is 4. The molecule has 0 radical (unpaired) electrons. The van der Waals surface area contributed by atoms with E-state index in [-0.39, 0.29) is 12.8 Å². The number of ether oxygens (including phenoxy) is 1. The van der Waals surface area contributed by atoms with Crippen LogP contribution in [0, 0.1) is 13.8 Å². The van der Waals surface area contributed by atoms with E-state index in [1.165, 1.54) is 5.56 Å². The lowest BCUT2D eigenvalue weighted by Gasteiger charge is -2.32. The maximum Gasteiger partial charge on any atom is 0.320 e. The molecule has 0 saturated carbocycles. The van der Waals surface area contributed by atoms with Gasteiger partial charge in [0.1, 0.15) is 5.75 Å². The molecule has 1 aliphatic heterocycles. The topological polar surface area (TPSA) is 61.9 Å². The fourth-order valence-corrected chi connectivity index (χ4v) is 2.13. The summed E-state index contributed by atoms with van der Waals surface area (Å²) in [5.41, 5.74) is 2.36. The number of nitrogens with zero attached hydrogens (tertiary/aromatic N) is 2. The first kappa shape index (κ1) is 15.2. The van der Waals surface area contributed by atoms with Crippen LogP contribution in [0.4, 0.5) is 4.79 Å². The van der Waals surface area contributed by atoms with Crippen LogP contribution in [-0.4, -0.2) is 55.2 Å². The van der Waals surface area contributed by atoms with Crippen molar-refractivity contribution in [3.8, 4) is 5.75 Å². The number of carbonyl (C=O) groups excluding carboxylic acids is 2. The number of benzene rings is 1. The minimum absolute atomic E-state index is 0.134. The van der Waals surface area contributed by atoms with E-state index in [0.717, 1.165) is 17.7 Å². The Morgan fingerprint density at radius 2 is 1.95 bits per heavy atom. The van der Waals surface area contributed by atoms with Gasteiger partial charge in [0, 0.05) is 26.2 Å². The molecule has 6 nitrogen and oxygen atoms in total. The Morgan fingerprint density at radius 1 is 1.24 bits per heavy atom. The maximum atomic E-state index is 11.9. The van der Waals surface area contributed by atoms with E-state index in [1.807, 2.05) is 32.0 Å². The Hall–Kier alpha value is -2.24. The average molecular weight is 291 g/mol. The zero-order chi connectivity index (χ0) is 15.2. The summed E-state index contributed by atoms with van der Waals surface area (Å²) in [6.07, 6.45) is 0.818. The van der Waals surface area contributed by atoms with Crippen molar-refractivity contribution in [2.45, 2.75) is 13.8 Å². The fourth-order valence-electron chi connectivity index (χ4n) is 2.13. The molecule has 0 atom stereocenters. The highest BCUT2D eigenvalue weighted by atomic mass is 16.5. The van der Waals surface area contributed by atoms with Gasteiger partial charge in [-0.15, -0.1) is 0 Å². The molecule has 1 heterocycles. The second-order valence-corrected chi connectivity index (χ2v) is 5.15. The number of hydrogen-bond acceptors (Lipinski definition) is 3. The molecule has 0 aliphatic carbocycles. The van der Waals surface area contributed by atoms with Crippen LogP contribution in [0.2, 0.25) is 0 Å². The Kier molecular flexibility index (Phi) is 5.03. The van der Waals surface area contributed by atoms with Gasteiger partial charge < -0.3 is 19.9 Å². The zero-order valence-corrected chi connectivity index (χ0v) is 12.5. The van der Waals surface area contributed by atoms with Crippen LogP contribution in [0.1, 0.15) is 11.1 Å². The molecular formula is C15H21N3O3. The van der Waals surface area contributed by atoms with Crippen molar-refractivity contribution < 1.29 is 14.3 Å². The smallest absolute Gasteiger partial charge is 0.320 e. The van der Waals surface area contributed by atoms with Crippen molar-refractivity contribution in [2.24, 2.45) is 0 Å². The molecule has 1 aromatic carbocycles. The predicted molar refractivity (Wildman–Crippen MR) is 79.2 cm³/mol. The normalized spacial score (nSPS) is 14.8. The first-order chi connectivity index (χ1) is 10.1. The largest absolute Gasteiger partial charge is 0.473 e. The maximum absolute atomic E-state index is 11.9. The van der Waals surface area contributed by atoms with Crippen LogP contribution in [-0.2, 0) is 4.79 Å². The third-order valence-corrected chi connectivity index (χ3v) is 3.69. The third-order valence-electron chi connectivity index (χ3n) is 3.69. The van der Waals surface area contributed by atoms with Crippen molar-refractivity contribution in [3.63, 3.8) is 0 Å². The van der Waals surface area contributed by atoms with Gasteiger partial charge in [-0.3, -0.25) is 4.79 Å². The number of urea groups is 1. The molecule has 2 rings (SSSR count). The third kappa shape index (κ3) is 4.11. The van der Waals surface area contributed by atoms with E-state index in [9.17, 15) is 9.59 Å². The molecule has 6 heteroatoms. The van der Waals surface area contributed by atoms with Crippen LogP contribution in [0.5, 0.6) is 5.75 Å². The van der Waals surface area contributed by atoms with Crippen molar-refractivity contribution in [1.82, 2.24) is 15.1 Å². The lowest BCUT2D eigenvalue weighted by Crippen LogP contribution is -2.51. The first-order valence-electron chi connectivity index (χ1n) is 7.02. The molecular weight excluding hydrogens is 270 g/mol. The highest BCUT2D eigenvalue weighted by Gasteiger charge is 2.19. The summed E-state index contributed by atoms with van der Waals surface area (Å²) in [6, 6.07) is 5.66. The molecule has 0 bridgehead atoms. The molecule has 1 aromatic rings. The average Bonchev–Trinajstić information content (AvgIpc) is 2.51. The number of amides is 3. The van der Waals surface area contributed by atoms with Crippen molar-refractivity contribution in [1.29, 1.82) is 0 Å². The van der Waals surface area contributed by atoms with Gasteiger partial charge in [0.25, 0.3) is 0 Å². The molecule has 0 spiro atoms. The Bertz CT molecular complexity index is 511. The fraction of sp³-hybridized carbons (Fsp3) is 0.467. The summed E-state index contributed by atoms with van der Waals surface area (Å²) in [5, 5.41) is 2.73. The molecule has 21 heavy (non-hydrogen) atoms. The highest BCUT2D eigenvalue weighted by Crippen LogP contribution is 2.15. The number of hydrogen-bond donors (Lipinski definition) is 1. The van der Waals surface area contributed by atoms with Gasteiger partial charge >= 0.3 is 6.03 Å². The molecule has 1 N–H and O–H groups in total. The van der Waals surface area contributed by atoms with E-state index >= 15 is 0 Å². The Balaban J connectivity index is 1.74. The quantitative estimate of drug-likeness (QED) is 0.668. The van der Waals surface area contributed by atoms with Crippen molar-refractivity contribution >= 4 is 12.4 Å². The van der Waals surface area contributed by atoms with E-state index in [0.29, 0.717) is 26.2 Å². The summed E-state index contributed by atoms with van der Waals surface area (Å²) in [5.74, 6) is 0.740. The van der Waals surface area contributed by atoms with Gasteiger partial charge in [0.15, 0.2) is 6.73 Å². The summed E-state index contributed by atoms with van der Waals surface area (Å²) < 4.78 is 5.52. The van der Waals surface area contributed by atoms with Crippen molar-refractivity contribution in [2.75, 3.05) is 32.9 Å². The Labute approximate surface area is 124 Å². The molecule has 1 saturated heterocycles. The van der Waals surface area contributed by atoms with E-state index < -0.39 is 0 Å². The predicted octanol–water partition coefficient (Wildman–Crippen LogP) is 1.12. The molecule has 0 unspecified atom stereocenters. The molecule has 0 aromatic heterocycles.